The zero-order chi connectivity index (χ0) is 15.5. The summed E-state index contributed by atoms with van der Waals surface area (Å²) in [6, 6.07) is 12.3. The van der Waals surface area contributed by atoms with Crippen LogP contribution in [0, 0.1) is 0 Å². The molecule has 0 saturated heterocycles. The Labute approximate surface area is 122 Å². The zero-order valence-corrected chi connectivity index (χ0v) is 11.8. The molecule has 0 spiro atoms. The molecule has 0 atom stereocenters. The van der Waals surface area contributed by atoms with Gasteiger partial charge in [-0.05, 0) is 29.8 Å². The summed E-state index contributed by atoms with van der Waals surface area (Å²) in [4.78, 5) is 10.6. The van der Waals surface area contributed by atoms with Gasteiger partial charge in [0.25, 0.3) is 10.0 Å². The molecular weight excluding hydrogens is 292 g/mol. The number of nitrogens with one attached hydrogen (secondary N) is 1. The number of sulfonamides is 1. The van der Waals surface area contributed by atoms with E-state index in [4.69, 9.17) is 10.8 Å². The third kappa shape index (κ3) is 3.73. The Balaban J connectivity index is 2.21. The average Bonchev–Trinajstić information content (AvgIpc) is 2.40. The van der Waals surface area contributed by atoms with Gasteiger partial charge in [-0.1, -0.05) is 24.3 Å². The molecule has 0 radical (unpaired) electrons. The summed E-state index contributed by atoms with van der Waals surface area (Å²) < 4.78 is 26.8. The number of carboxylic acid groups (broad SMARTS) is 1. The minimum absolute atomic E-state index is 0.000359. The van der Waals surface area contributed by atoms with Crippen LogP contribution in [0.5, 0.6) is 0 Å². The van der Waals surface area contributed by atoms with Crippen molar-refractivity contribution in [3.63, 3.8) is 0 Å². The summed E-state index contributed by atoms with van der Waals surface area (Å²) in [5.74, 6) is -0.944. The number of benzene rings is 2. The summed E-state index contributed by atoms with van der Waals surface area (Å²) in [6.45, 7) is 0. The lowest BCUT2D eigenvalue weighted by Gasteiger charge is -2.10. The van der Waals surface area contributed by atoms with Crippen LogP contribution in [0.2, 0.25) is 0 Å². The molecule has 0 saturated carbocycles. The molecule has 0 aliphatic carbocycles. The van der Waals surface area contributed by atoms with E-state index in [-0.39, 0.29) is 17.0 Å². The number of hydrogen-bond donors (Lipinski definition) is 3. The van der Waals surface area contributed by atoms with Gasteiger partial charge in [-0.3, -0.25) is 9.52 Å². The Bertz CT molecular complexity index is 755. The molecule has 110 valence electrons. The largest absolute Gasteiger partial charge is 0.481 e. The first-order valence-electron chi connectivity index (χ1n) is 6.06. The Morgan fingerprint density at radius 3 is 2.29 bits per heavy atom. The van der Waals surface area contributed by atoms with Crippen LogP contribution in [-0.2, 0) is 21.2 Å². The highest BCUT2D eigenvalue weighted by Gasteiger charge is 2.16. The number of carbonyl (C=O) groups is 1. The maximum absolute atomic E-state index is 12.2. The Hall–Kier alpha value is -2.54. The van der Waals surface area contributed by atoms with Crippen molar-refractivity contribution in [2.24, 2.45) is 0 Å². The predicted octanol–water partition coefficient (Wildman–Crippen LogP) is 1.70. The number of para-hydroxylation sites is 1. The van der Waals surface area contributed by atoms with E-state index in [9.17, 15) is 13.2 Å². The first-order valence-corrected chi connectivity index (χ1v) is 7.55. The maximum Gasteiger partial charge on any atom is 0.307 e. The SMILES string of the molecule is Nc1ccccc1S(=O)(=O)Nc1ccc(CC(=O)O)cc1. The molecule has 2 aromatic rings. The zero-order valence-electron chi connectivity index (χ0n) is 11.0. The van der Waals surface area contributed by atoms with E-state index in [0.29, 0.717) is 11.3 Å². The lowest BCUT2D eigenvalue weighted by molar-refractivity contribution is -0.136. The van der Waals surface area contributed by atoms with Crippen LogP contribution < -0.4 is 10.5 Å². The number of anilines is 2. The van der Waals surface area contributed by atoms with Crippen molar-refractivity contribution in [3.05, 3.63) is 54.1 Å². The first kappa shape index (κ1) is 14.9. The van der Waals surface area contributed by atoms with Gasteiger partial charge in [0.2, 0.25) is 0 Å². The van der Waals surface area contributed by atoms with Crippen LogP contribution in [0.1, 0.15) is 5.56 Å². The number of nitrogens with two attached hydrogens (primary N) is 1. The number of nitrogen functional groups attached to an aromatic ring is 1. The van der Waals surface area contributed by atoms with Crippen LogP contribution in [0.3, 0.4) is 0 Å². The number of hydrogen-bond acceptors (Lipinski definition) is 4. The Kier molecular flexibility index (Phi) is 4.13. The van der Waals surface area contributed by atoms with Crippen molar-refractivity contribution in [2.75, 3.05) is 10.5 Å². The third-order valence-corrected chi connectivity index (χ3v) is 4.23. The Morgan fingerprint density at radius 1 is 1.10 bits per heavy atom. The lowest BCUT2D eigenvalue weighted by Crippen LogP contribution is -2.14. The first-order chi connectivity index (χ1) is 9.88. The standard InChI is InChI=1S/C14H14N2O4S/c15-12-3-1-2-4-13(12)21(19,20)16-11-7-5-10(6-8-11)9-14(17)18/h1-8,16H,9,15H2,(H,17,18). The maximum atomic E-state index is 12.2. The van der Waals surface area contributed by atoms with Crippen LogP contribution >= 0.6 is 0 Å². The molecule has 0 unspecified atom stereocenters. The van der Waals surface area contributed by atoms with Crippen LogP contribution in [-0.4, -0.2) is 19.5 Å². The second-order valence-electron chi connectivity index (χ2n) is 4.41. The van der Waals surface area contributed by atoms with Gasteiger partial charge in [-0.25, -0.2) is 8.42 Å². The highest BCUT2D eigenvalue weighted by atomic mass is 32.2. The summed E-state index contributed by atoms with van der Waals surface area (Å²) in [5, 5.41) is 8.68. The molecule has 2 rings (SSSR count). The van der Waals surface area contributed by atoms with Crippen molar-refractivity contribution in [3.8, 4) is 0 Å². The van der Waals surface area contributed by atoms with Gasteiger partial charge in [-0.2, -0.15) is 0 Å². The van der Waals surface area contributed by atoms with Gasteiger partial charge < -0.3 is 10.8 Å². The van der Waals surface area contributed by atoms with Gasteiger partial charge in [0.1, 0.15) is 4.90 Å². The van der Waals surface area contributed by atoms with E-state index in [1.165, 1.54) is 24.3 Å². The number of carboxylic acids is 1. The molecule has 0 aliphatic heterocycles. The summed E-state index contributed by atoms with van der Waals surface area (Å²) in [6.07, 6.45) is -0.112. The van der Waals surface area contributed by atoms with E-state index < -0.39 is 16.0 Å². The van der Waals surface area contributed by atoms with Crippen molar-refractivity contribution in [1.82, 2.24) is 0 Å². The van der Waals surface area contributed by atoms with Crippen molar-refractivity contribution < 1.29 is 18.3 Å². The lowest BCUT2D eigenvalue weighted by atomic mass is 10.1. The summed E-state index contributed by atoms with van der Waals surface area (Å²) in [7, 11) is -3.77. The van der Waals surface area contributed by atoms with E-state index in [2.05, 4.69) is 4.72 Å². The van der Waals surface area contributed by atoms with E-state index >= 15 is 0 Å². The fraction of sp³-hybridized carbons (Fsp3) is 0.0714. The van der Waals surface area contributed by atoms with E-state index in [0.717, 1.165) is 0 Å². The quantitative estimate of drug-likeness (QED) is 0.728. The molecule has 6 nitrogen and oxygen atoms in total. The minimum atomic E-state index is -3.77. The highest BCUT2D eigenvalue weighted by molar-refractivity contribution is 7.92. The molecule has 0 aliphatic rings. The summed E-state index contributed by atoms with van der Waals surface area (Å²) in [5.41, 5.74) is 6.74. The third-order valence-electron chi connectivity index (χ3n) is 2.77. The molecule has 0 bridgehead atoms. The fourth-order valence-electron chi connectivity index (χ4n) is 1.80. The Morgan fingerprint density at radius 2 is 1.71 bits per heavy atom. The molecule has 0 aromatic heterocycles. The normalized spacial score (nSPS) is 11.0. The molecular formula is C14H14N2O4S. The fourth-order valence-corrected chi connectivity index (χ4v) is 2.99. The molecule has 2 aromatic carbocycles. The highest BCUT2D eigenvalue weighted by Crippen LogP contribution is 2.21. The van der Waals surface area contributed by atoms with Crippen LogP contribution in [0.4, 0.5) is 11.4 Å². The van der Waals surface area contributed by atoms with Crippen molar-refractivity contribution in [2.45, 2.75) is 11.3 Å². The molecule has 7 heteroatoms. The second-order valence-corrected chi connectivity index (χ2v) is 6.06. The topological polar surface area (TPSA) is 109 Å². The van der Waals surface area contributed by atoms with E-state index in [1.54, 1.807) is 24.3 Å². The molecule has 0 amide bonds. The minimum Gasteiger partial charge on any atom is -0.481 e. The van der Waals surface area contributed by atoms with Crippen LogP contribution in [0.25, 0.3) is 0 Å². The second kappa shape index (κ2) is 5.84. The van der Waals surface area contributed by atoms with Crippen LogP contribution in [0.15, 0.2) is 53.4 Å². The van der Waals surface area contributed by atoms with E-state index in [1.807, 2.05) is 0 Å². The predicted molar refractivity (Wildman–Crippen MR) is 79.4 cm³/mol. The van der Waals surface area contributed by atoms with Gasteiger partial charge in [0.15, 0.2) is 0 Å². The van der Waals surface area contributed by atoms with Crippen molar-refractivity contribution in [1.29, 1.82) is 0 Å². The number of rotatable bonds is 5. The van der Waals surface area contributed by atoms with Gasteiger partial charge in [0.05, 0.1) is 12.1 Å². The average molecular weight is 306 g/mol. The molecule has 4 N–H and O–H groups in total. The smallest absolute Gasteiger partial charge is 0.307 e. The van der Waals surface area contributed by atoms with Crippen molar-refractivity contribution >= 4 is 27.4 Å². The van der Waals surface area contributed by atoms with Gasteiger partial charge in [-0.15, -0.1) is 0 Å². The van der Waals surface area contributed by atoms with Gasteiger partial charge >= 0.3 is 5.97 Å². The molecule has 0 fully saturated rings. The molecule has 21 heavy (non-hydrogen) atoms. The number of aliphatic carboxylic acids is 1. The monoisotopic (exact) mass is 306 g/mol. The molecule has 0 heterocycles. The summed E-state index contributed by atoms with van der Waals surface area (Å²) >= 11 is 0. The van der Waals surface area contributed by atoms with Gasteiger partial charge in [0, 0.05) is 5.69 Å².